The molecule has 0 aliphatic rings. The quantitative estimate of drug-likeness (QED) is 0.649. The van der Waals surface area contributed by atoms with E-state index in [-0.39, 0.29) is 22.1 Å². The molecule has 7 nitrogen and oxygen atoms in total. The minimum atomic E-state index is -3.97. The predicted molar refractivity (Wildman–Crippen MR) is 100 cm³/mol. The Bertz CT molecular complexity index is 1100. The highest BCUT2D eigenvalue weighted by Crippen LogP contribution is 2.31. The summed E-state index contributed by atoms with van der Waals surface area (Å²) in [5, 5.41) is 3.82. The molecule has 8 heteroatoms. The normalized spacial score (nSPS) is 11.2. The number of sulfonamides is 1. The number of anilines is 1. The zero-order valence-electron chi connectivity index (χ0n) is 15.0. The summed E-state index contributed by atoms with van der Waals surface area (Å²) in [6, 6.07) is 12.7. The minimum absolute atomic E-state index is 0.0511. The summed E-state index contributed by atoms with van der Waals surface area (Å²) >= 11 is 0. The van der Waals surface area contributed by atoms with Crippen LogP contribution in [0.4, 0.5) is 5.69 Å². The van der Waals surface area contributed by atoms with Crippen molar-refractivity contribution in [2.45, 2.75) is 18.7 Å². The highest BCUT2D eigenvalue weighted by Gasteiger charge is 2.22. The van der Waals surface area contributed by atoms with Gasteiger partial charge in [-0.15, -0.1) is 0 Å². The lowest BCUT2D eigenvalue weighted by molar-refractivity contribution is 0.101. The van der Waals surface area contributed by atoms with Crippen LogP contribution in [0.5, 0.6) is 5.75 Å². The van der Waals surface area contributed by atoms with Crippen molar-refractivity contribution in [2.24, 2.45) is 0 Å². The van der Waals surface area contributed by atoms with Gasteiger partial charge >= 0.3 is 0 Å². The number of hydrogen-bond donors (Lipinski definition) is 1. The molecule has 1 aromatic heterocycles. The van der Waals surface area contributed by atoms with E-state index in [0.29, 0.717) is 22.6 Å². The second kappa shape index (κ2) is 7.24. The summed E-state index contributed by atoms with van der Waals surface area (Å²) < 4.78 is 38.8. The van der Waals surface area contributed by atoms with Crippen LogP contribution in [0, 0.1) is 6.92 Å². The maximum atomic E-state index is 12.9. The van der Waals surface area contributed by atoms with Crippen LogP contribution < -0.4 is 9.46 Å². The lowest BCUT2D eigenvalue weighted by Gasteiger charge is -2.13. The Morgan fingerprint density at radius 2 is 1.93 bits per heavy atom. The van der Waals surface area contributed by atoms with Gasteiger partial charge in [-0.3, -0.25) is 9.52 Å². The predicted octanol–water partition coefficient (Wildman–Crippen LogP) is 3.66. The standard InChI is InChI=1S/C19H18N2O5S/c1-12-9-18(26-20-12)15-7-8-17(25-3)19(11-15)27(23,24)21-16-6-4-5-14(10-16)13(2)22/h4-11,21H,1-3H3. The Balaban J connectivity index is 2.02. The van der Waals surface area contributed by atoms with Gasteiger partial charge in [-0.05, 0) is 44.2 Å². The molecule has 3 rings (SSSR count). The number of nitrogens with one attached hydrogen (secondary N) is 1. The molecule has 0 saturated heterocycles. The van der Waals surface area contributed by atoms with E-state index >= 15 is 0 Å². The Kier molecular flexibility index (Phi) is 5.00. The summed E-state index contributed by atoms with van der Waals surface area (Å²) in [6.45, 7) is 3.19. The first-order chi connectivity index (χ1) is 12.8. The summed E-state index contributed by atoms with van der Waals surface area (Å²) in [5.41, 5.74) is 1.93. The minimum Gasteiger partial charge on any atom is -0.495 e. The molecule has 0 amide bonds. The van der Waals surface area contributed by atoms with Crippen molar-refractivity contribution in [1.82, 2.24) is 5.16 Å². The third-order valence-corrected chi connectivity index (χ3v) is 5.29. The van der Waals surface area contributed by atoms with Crippen LogP contribution in [0.2, 0.25) is 0 Å². The number of aromatic nitrogens is 1. The SMILES string of the molecule is COc1ccc(-c2cc(C)no2)cc1S(=O)(=O)Nc1cccc(C(C)=O)c1. The molecular weight excluding hydrogens is 368 g/mol. The van der Waals surface area contributed by atoms with Crippen molar-refractivity contribution in [3.8, 4) is 17.1 Å². The van der Waals surface area contributed by atoms with E-state index in [9.17, 15) is 13.2 Å². The van der Waals surface area contributed by atoms with E-state index in [4.69, 9.17) is 9.26 Å². The number of ketones is 1. The number of aryl methyl sites for hydroxylation is 1. The number of ether oxygens (including phenoxy) is 1. The largest absolute Gasteiger partial charge is 0.495 e. The molecule has 140 valence electrons. The number of carbonyl (C=O) groups is 1. The van der Waals surface area contributed by atoms with Gasteiger partial charge in [0.1, 0.15) is 10.6 Å². The van der Waals surface area contributed by atoms with Crippen molar-refractivity contribution < 1.29 is 22.5 Å². The molecule has 1 heterocycles. The van der Waals surface area contributed by atoms with Gasteiger partial charge in [-0.1, -0.05) is 17.3 Å². The van der Waals surface area contributed by atoms with E-state index in [0.717, 1.165) is 0 Å². The first-order valence-electron chi connectivity index (χ1n) is 8.06. The van der Waals surface area contributed by atoms with Crippen molar-refractivity contribution in [3.05, 3.63) is 59.8 Å². The molecule has 0 atom stereocenters. The molecule has 0 unspecified atom stereocenters. The zero-order chi connectivity index (χ0) is 19.6. The number of methoxy groups -OCH3 is 1. The van der Waals surface area contributed by atoms with Gasteiger partial charge in [0.2, 0.25) is 0 Å². The second-order valence-electron chi connectivity index (χ2n) is 5.94. The number of rotatable bonds is 6. The molecule has 3 aromatic rings. The van der Waals surface area contributed by atoms with Crippen LogP contribution in [-0.2, 0) is 10.0 Å². The highest BCUT2D eigenvalue weighted by molar-refractivity contribution is 7.92. The van der Waals surface area contributed by atoms with Gasteiger partial charge in [0.05, 0.1) is 12.8 Å². The van der Waals surface area contributed by atoms with E-state index < -0.39 is 10.0 Å². The fourth-order valence-corrected chi connectivity index (χ4v) is 3.80. The van der Waals surface area contributed by atoms with Crippen LogP contribution in [0.3, 0.4) is 0 Å². The van der Waals surface area contributed by atoms with Gasteiger partial charge < -0.3 is 9.26 Å². The average Bonchev–Trinajstić information content (AvgIpc) is 3.07. The summed E-state index contributed by atoms with van der Waals surface area (Å²) in [7, 11) is -2.58. The molecule has 1 N–H and O–H groups in total. The molecule has 0 aliphatic carbocycles. The summed E-state index contributed by atoms with van der Waals surface area (Å²) in [5.74, 6) is 0.478. The van der Waals surface area contributed by atoms with Crippen molar-refractivity contribution in [1.29, 1.82) is 0 Å². The number of carbonyl (C=O) groups excluding carboxylic acids is 1. The van der Waals surface area contributed by atoms with Crippen LogP contribution in [0.25, 0.3) is 11.3 Å². The van der Waals surface area contributed by atoms with Gasteiger partial charge in [0.25, 0.3) is 10.0 Å². The lowest BCUT2D eigenvalue weighted by Crippen LogP contribution is -2.14. The number of benzene rings is 2. The van der Waals surface area contributed by atoms with E-state index in [1.165, 1.54) is 26.2 Å². The number of hydrogen-bond acceptors (Lipinski definition) is 6. The molecular formula is C19H18N2O5S. The molecule has 0 spiro atoms. The Morgan fingerprint density at radius 1 is 1.15 bits per heavy atom. The van der Waals surface area contributed by atoms with Gasteiger partial charge in [-0.2, -0.15) is 0 Å². The fourth-order valence-electron chi connectivity index (χ4n) is 2.55. The van der Waals surface area contributed by atoms with Crippen molar-refractivity contribution in [3.63, 3.8) is 0 Å². The maximum absolute atomic E-state index is 12.9. The highest BCUT2D eigenvalue weighted by atomic mass is 32.2. The smallest absolute Gasteiger partial charge is 0.265 e. The fraction of sp³-hybridized carbons (Fsp3) is 0.158. The first kappa shape index (κ1) is 18.7. The van der Waals surface area contributed by atoms with Gasteiger partial charge in [0.15, 0.2) is 11.5 Å². The summed E-state index contributed by atoms with van der Waals surface area (Å²) in [4.78, 5) is 11.5. The first-order valence-corrected chi connectivity index (χ1v) is 9.54. The molecule has 0 aliphatic heterocycles. The monoisotopic (exact) mass is 386 g/mol. The van der Waals surface area contributed by atoms with E-state index in [1.54, 1.807) is 43.3 Å². The molecule has 2 aromatic carbocycles. The Labute approximate surface area is 157 Å². The van der Waals surface area contributed by atoms with Crippen LogP contribution in [-0.4, -0.2) is 26.5 Å². The second-order valence-corrected chi connectivity index (χ2v) is 7.59. The average molecular weight is 386 g/mol. The van der Waals surface area contributed by atoms with Crippen molar-refractivity contribution in [2.75, 3.05) is 11.8 Å². The van der Waals surface area contributed by atoms with Crippen LogP contribution in [0.1, 0.15) is 23.0 Å². The number of nitrogens with zero attached hydrogens (tertiary/aromatic N) is 1. The van der Waals surface area contributed by atoms with Crippen molar-refractivity contribution >= 4 is 21.5 Å². The van der Waals surface area contributed by atoms with E-state index in [1.807, 2.05) is 0 Å². The maximum Gasteiger partial charge on any atom is 0.265 e. The Hall–Kier alpha value is -3.13. The van der Waals surface area contributed by atoms with Crippen LogP contribution >= 0.6 is 0 Å². The Morgan fingerprint density at radius 3 is 2.56 bits per heavy atom. The molecule has 0 saturated carbocycles. The molecule has 0 bridgehead atoms. The topological polar surface area (TPSA) is 98.5 Å². The molecule has 0 fully saturated rings. The molecule has 27 heavy (non-hydrogen) atoms. The van der Waals surface area contributed by atoms with Gasteiger partial charge in [-0.25, -0.2) is 8.42 Å². The van der Waals surface area contributed by atoms with Crippen LogP contribution in [0.15, 0.2) is 57.9 Å². The third kappa shape index (κ3) is 4.01. The third-order valence-electron chi connectivity index (χ3n) is 3.89. The zero-order valence-corrected chi connectivity index (χ0v) is 15.8. The summed E-state index contributed by atoms with van der Waals surface area (Å²) in [6.07, 6.45) is 0. The van der Waals surface area contributed by atoms with Gasteiger partial charge in [0, 0.05) is 22.9 Å². The lowest BCUT2D eigenvalue weighted by atomic mass is 10.1. The van der Waals surface area contributed by atoms with E-state index in [2.05, 4.69) is 9.88 Å². The molecule has 0 radical (unpaired) electrons. The number of Topliss-reactive ketones (excluding diaryl/α,β-unsaturated/α-hetero) is 1.